The second kappa shape index (κ2) is 8.01. The number of hydrogen-bond donors (Lipinski definition) is 2. The Bertz CT molecular complexity index is 873. The molecule has 2 aromatic rings. The normalized spacial score (nSPS) is 15.7. The van der Waals surface area contributed by atoms with Gasteiger partial charge in [0.15, 0.2) is 17.3 Å². The zero-order valence-corrected chi connectivity index (χ0v) is 14.4. The van der Waals surface area contributed by atoms with Gasteiger partial charge in [-0.25, -0.2) is 4.79 Å². The summed E-state index contributed by atoms with van der Waals surface area (Å²) in [6.45, 7) is -0.0678. The molecule has 0 amide bonds. The summed E-state index contributed by atoms with van der Waals surface area (Å²) in [5.74, 6) is -3.13. The minimum Gasteiger partial charge on any atom is -0.487 e. The van der Waals surface area contributed by atoms with E-state index in [-0.39, 0.29) is 30.3 Å². The Morgan fingerprint density at radius 3 is 2.41 bits per heavy atom. The van der Waals surface area contributed by atoms with Crippen molar-refractivity contribution in [1.82, 2.24) is 0 Å². The molecule has 1 heterocycles. The number of aliphatic carboxylic acids is 1. The van der Waals surface area contributed by atoms with Crippen LogP contribution in [0.2, 0.25) is 0 Å². The molecule has 7 nitrogen and oxygen atoms in total. The van der Waals surface area contributed by atoms with Crippen molar-refractivity contribution >= 4 is 17.5 Å². The summed E-state index contributed by atoms with van der Waals surface area (Å²) in [6, 6.07) is 12.8. The molecule has 3 rings (SSSR count). The van der Waals surface area contributed by atoms with E-state index in [0.717, 1.165) is 11.1 Å². The van der Waals surface area contributed by atoms with Gasteiger partial charge < -0.3 is 19.7 Å². The predicted octanol–water partition coefficient (Wildman–Crippen LogP) is 1.64. The fourth-order valence-electron chi connectivity index (χ4n) is 2.79. The van der Waals surface area contributed by atoms with Crippen LogP contribution in [0.15, 0.2) is 42.5 Å². The molecule has 1 aliphatic rings. The number of rotatable bonds is 6. The van der Waals surface area contributed by atoms with Crippen molar-refractivity contribution in [3.8, 4) is 11.5 Å². The van der Waals surface area contributed by atoms with Crippen LogP contribution in [-0.2, 0) is 16.0 Å². The van der Waals surface area contributed by atoms with Crippen LogP contribution in [-0.4, -0.2) is 47.1 Å². The van der Waals surface area contributed by atoms with E-state index in [1.54, 1.807) is 12.1 Å². The minimum absolute atomic E-state index is 0.00345. The van der Waals surface area contributed by atoms with Gasteiger partial charge in [-0.2, -0.15) is 0 Å². The zero-order chi connectivity index (χ0) is 19.4. The third kappa shape index (κ3) is 4.51. The Kier molecular flexibility index (Phi) is 5.52. The maximum absolute atomic E-state index is 12.5. The van der Waals surface area contributed by atoms with Gasteiger partial charge in [0.1, 0.15) is 19.3 Å². The number of carbonyl (C=O) groups is 3. The van der Waals surface area contributed by atoms with Crippen LogP contribution in [0.25, 0.3) is 0 Å². The smallest absolute Gasteiger partial charge is 0.372 e. The molecule has 27 heavy (non-hydrogen) atoms. The number of benzene rings is 2. The fraction of sp³-hybridized carbons (Fsp3) is 0.250. The van der Waals surface area contributed by atoms with Gasteiger partial charge in [0.25, 0.3) is 0 Å². The van der Waals surface area contributed by atoms with Crippen molar-refractivity contribution in [3.05, 3.63) is 59.2 Å². The van der Waals surface area contributed by atoms with Gasteiger partial charge in [-0.3, -0.25) is 9.59 Å². The first-order valence-corrected chi connectivity index (χ1v) is 8.38. The lowest BCUT2D eigenvalue weighted by Gasteiger charge is -2.14. The van der Waals surface area contributed by atoms with E-state index in [2.05, 4.69) is 0 Å². The number of carboxylic acids is 1. The summed E-state index contributed by atoms with van der Waals surface area (Å²) >= 11 is 0. The highest BCUT2D eigenvalue weighted by molar-refractivity contribution is 6.37. The SMILES string of the molecule is O=C(O)C(=O)CC(=O)c1cc(Cc2ccccc2)cc2c1OCC(O)CO2. The number of Topliss-reactive ketones (excluding diaryl/α,β-unsaturated/α-hetero) is 2. The van der Waals surface area contributed by atoms with E-state index in [0.29, 0.717) is 6.42 Å². The van der Waals surface area contributed by atoms with Crippen molar-refractivity contribution < 1.29 is 34.1 Å². The van der Waals surface area contributed by atoms with Crippen LogP contribution < -0.4 is 9.47 Å². The number of ketones is 2. The lowest BCUT2D eigenvalue weighted by molar-refractivity contribution is -0.148. The lowest BCUT2D eigenvalue weighted by atomic mass is 9.97. The molecule has 0 aliphatic carbocycles. The standard InChI is InChI=1S/C20H18O7/c21-14-10-26-18-8-13(6-12-4-2-1-3-5-12)7-15(19(18)27-11-14)16(22)9-17(23)20(24)25/h1-5,7-8,14,21H,6,9-11H2,(H,24,25). The van der Waals surface area contributed by atoms with Crippen LogP contribution >= 0.6 is 0 Å². The van der Waals surface area contributed by atoms with E-state index in [9.17, 15) is 19.5 Å². The summed E-state index contributed by atoms with van der Waals surface area (Å²) in [7, 11) is 0. The average molecular weight is 370 g/mol. The molecule has 7 heteroatoms. The van der Waals surface area contributed by atoms with Gasteiger partial charge in [-0.05, 0) is 29.7 Å². The second-order valence-electron chi connectivity index (χ2n) is 6.24. The fourth-order valence-corrected chi connectivity index (χ4v) is 2.79. The van der Waals surface area contributed by atoms with Crippen molar-refractivity contribution in [3.63, 3.8) is 0 Å². The molecule has 1 aliphatic heterocycles. The van der Waals surface area contributed by atoms with Crippen molar-refractivity contribution in [2.45, 2.75) is 18.9 Å². The Morgan fingerprint density at radius 2 is 1.70 bits per heavy atom. The van der Waals surface area contributed by atoms with Crippen LogP contribution in [0.5, 0.6) is 11.5 Å². The van der Waals surface area contributed by atoms with Gasteiger partial charge >= 0.3 is 5.97 Å². The van der Waals surface area contributed by atoms with E-state index in [4.69, 9.17) is 14.6 Å². The molecular formula is C20H18O7. The largest absolute Gasteiger partial charge is 0.487 e. The molecule has 0 saturated heterocycles. The molecule has 2 aromatic carbocycles. The first kappa shape index (κ1) is 18.6. The third-order valence-corrected chi connectivity index (χ3v) is 4.08. The molecule has 0 fully saturated rings. The van der Waals surface area contributed by atoms with Gasteiger partial charge in [0.05, 0.1) is 12.0 Å². The molecule has 0 spiro atoms. The highest BCUT2D eigenvalue weighted by Crippen LogP contribution is 2.36. The van der Waals surface area contributed by atoms with Gasteiger partial charge in [-0.1, -0.05) is 30.3 Å². The quantitative estimate of drug-likeness (QED) is 0.452. The lowest BCUT2D eigenvalue weighted by Crippen LogP contribution is -2.22. The molecular weight excluding hydrogens is 352 g/mol. The van der Waals surface area contributed by atoms with Crippen molar-refractivity contribution in [1.29, 1.82) is 0 Å². The molecule has 0 bridgehead atoms. The average Bonchev–Trinajstić information content (AvgIpc) is 2.83. The summed E-state index contributed by atoms with van der Waals surface area (Å²) in [5.41, 5.74) is 1.82. The zero-order valence-electron chi connectivity index (χ0n) is 14.4. The molecule has 0 saturated carbocycles. The number of aliphatic hydroxyl groups is 1. The monoisotopic (exact) mass is 370 g/mol. The third-order valence-electron chi connectivity index (χ3n) is 4.08. The summed E-state index contributed by atoms with van der Waals surface area (Å²) in [5, 5.41) is 18.5. The Balaban J connectivity index is 1.98. The molecule has 0 aromatic heterocycles. The van der Waals surface area contributed by atoms with Crippen LogP contribution in [0.1, 0.15) is 27.9 Å². The van der Waals surface area contributed by atoms with Crippen molar-refractivity contribution in [2.75, 3.05) is 13.2 Å². The van der Waals surface area contributed by atoms with E-state index >= 15 is 0 Å². The molecule has 0 radical (unpaired) electrons. The van der Waals surface area contributed by atoms with Gasteiger partial charge in [0, 0.05) is 0 Å². The maximum atomic E-state index is 12.5. The van der Waals surface area contributed by atoms with E-state index < -0.39 is 30.1 Å². The molecule has 1 unspecified atom stereocenters. The highest BCUT2D eigenvalue weighted by atomic mass is 16.5. The topological polar surface area (TPSA) is 110 Å². The summed E-state index contributed by atoms with van der Waals surface area (Å²) < 4.78 is 11.1. The number of carbonyl (C=O) groups excluding carboxylic acids is 2. The first-order chi connectivity index (χ1) is 12.9. The van der Waals surface area contributed by atoms with E-state index in [1.165, 1.54) is 0 Å². The van der Waals surface area contributed by atoms with Crippen molar-refractivity contribution in [2.24, 2.45) is 0 Å². The minimum atomic E-state index is -1.66. The number of hydrogen-bond acceptors (Lipinski definition) is 6. The van der Waals surface area contributed by atoms with Crippen LogP contribution in [0.3, 0.4) is 0 Å². The summed E-state index contributed by atoms with van der Waals surface area (Å²) in [4.78, 5) is 34.8. The first-order valence-electron chi connectivity index (χ1n) is 8.38. The number of ether oxygens (including phenoxy) is 2. The van der Waals surface area contributed by atoms with Gasteiger partial charge in [-0.15, -0.1) is 0 Å². The maximum Gasteiger partial charge on any atom is 0.372 e. The molecule has 1 atom stereocenters. The predicted molar refractivity (Wildman–Crippen MR) is 94.3 cm³/mol. The second-order valence-corrected chi connectivity index (χ2v) is 6.24. The van der Waals surface area contributed by atoms with Crippen LogP contribution in [0.4, 0.5) is 0 Å². The number of carboxylic acid groups (broad SMARTS) is 1. The molecule has 140 valence electrons. The van der Waals surface area contributed by atoms with E-state index in [1.807, 2.05) is 30.3 Å². The number of fused-ring (bicyclic) bond motifs is 1. The Hall–Kier alpha value is -3.19. The summed E-state index contributed by atoms with van der Waals surface area (Å²) in [6.07, 6.45) is -1.13. The number of aliphatic hydroxyl groups excluding tert-OH is 1. The highest BCUT2D eigenvalue weighted by Gasteiger charge is 2.26. The van der Waals surface area contributed by atoms with Crippen LogP contribution in [0, 0.1) is 0 Å². The van der Waals surface area contributed by atoms with Gasteiger partial charge in [0.2, 0.25) is 5.78 Å². The Labute approximate surface area is 155 Å². The Morgan fingerprint density at radius 1 is 1.00 bits per heavy atom. The molecule has 2 N–H and O–H groups in total.